The van der Waals surface area contributed by atoms with Crippen LogP contribution < -0.4 is 31.6 Å². The van der Waals surface area contributed by atoms with Crippen molar-refractivity contribution in [2.24, 2.45) is 11.5 Å². The molecule has 1 aliphatic carbocycles. The molecule has 0 bridgehead atoms. The Morgan fingerprint density at radius 2 is 1.68 bits per heavy atom. The first-order valence-electron chi connectivity index (χ1n) is 12.1. The van der Waals surface area contributed by atoms with Crippen molar-refractivity contribution in [3.63, 3.8) is 0 Å². The Bertz CT molecular complexity index is 1410. The van der Waals surface area contributed by atoms with Gasteiger partial charge in [-0.15, -0.1) is 5.10 Å². The molecule has 5 rings (SSSR count). The van der Waals surface area contributed by atoms with Crippen molar-refractivity contribution in [1.82, 2.24) is 19.6 Å². The van der Waals surface area contributed by atoms with Crippen molar-refractivity contribution in [3.8, 4) is 22.9 Å². The molecule has 0 saturated heterocycles. The number of hydrogen-bond acceptors (Lipinski definition) is 9. The van der Waals surface area contributed by atoms with Crippen molar-refractivity contribution in [3.05, 3.63) is 54.1 Å². The van der Waals surface area contributed by atoms with Gasteiger partial charge in [-0.05, 0) is 25.7 Å². The van der Waals surface area contributed by atoms with Crippen LogP contribution in [-0.4, -0.2) is 45.4 Å². The number of carbonyl (C=O) groups excluding carboxylic acids is 1. The number of hydrogen-bond donors (Lipinski definition) is 4. The van der Waals surface area contributed by atoms with Gasteiger partial charge in [-0.3, -0.25) is 4.79 Å². The first-order chi connectivity index (χ1) is 17.9. The minimum atomic E-state index is -0.700. The van der Waals surface area contributed by atoms with Gasteiger partial charge in [0.2, 0.25) is 5.95 Å². The third-order valence-corrected chi connectivity index (χ3v) is 6.48. The number of rotatable bonds is 8. The second-order valence-corrected chi connectivity index (χ2v) is 9.13. The monoisotopic (exact) mass is 502 g/mol. The lowest BCUT2D eigenvalue weighted by Gasteiger charge is -2.34. The van der Waals surface area contributed by atoms with Crippen LogP contribution in [0.15, 0.2) is 48.5 Å². The van der Waals surface area contributed by atoms with Gasteiger partial charge in [-0.25, -0.2) is 4.98 Å². The Morgan fingerprint density at radius 3 is 2.30 bits per heavy atom. The molecule has 0 atom stereocenters. The van der Waals surface area contributed by atoms with Gasteiger partial charge >= 0.3 is 0 Å². The molecule has 0 radical (unpaired) electrons. The van der Waals surface area contributed by atoms with E-state index in [0.717, 1.165) is 37.7 Å². The summed E-state index contributed by atoms with van der Waals surface area (Å²) in [6, 6.07) is 14.8. The van der Waals surface area contributed by atoms with Crippen LogP contribution in [0.1, 0.15) is 42.5 Å². The van der Waals surface area contributed by atoms with Gasteiger partial charge in [0, 0.05) is 29.4 Å². The molecular formula is C26H30N8O3. The zero-order valence-corrected chi connectivity index (χ0v) is 20.8. The molecule has 2 heterocycles. The van der Waals surface area contributed by atoms with Crippen LogP contribution in [0.25, 0.3) is 17.0 Å². The molecule has 6 N–H and O–H groups in total. The van der Waals surface area contributed by atoms with Gasteiger partial charge in [-0.1, -0.05) is 36.8 Å². The normalized spacial score (nSPS) is 14.8. The number of nitrogens with one attached hydrogen (secondary N) is 2. The fraction of sp³-hybridized carbons (Fsp3) is 0.308. The molecule has 1 fully saturated rings. The highest BCUT2D eigenvalue weighted by molar-refractivity contribution is 6.04. The van der Waals surface area contributed by atoms with Crippen molar-refractivity contribution in [2.45, 2.75) is 37.8 Å². The minimum Gasteiger partial charge on any atom is -0.497 e. The number of aromatic nitrogens is 4. The lowest BCUT2D eigenvalue weighted by molar-refractivity contribution is 0.100. The van der Waals surface area contributed by atoms with Crippen LogP contribution in [0.5, 0.6) is 11.5 Å². The Balaban J connectivity index is 1.69. The van der Waals surface area contributed by atoms with Crippen LogP contribution in [0.4, 0.5) is 17.5 Å². The average Bonchev–Trinajstić information content (AvgIpc) is 3.34. The van der Waals surface area contributed by atoms with Crippen molar-refractivity contribution < 1.29 is 14.3 Å². The molecular weight excluding hydrogens is 472 g/mol. The lowest BCUT2D eigenvalue weighted by atomic mass is 9.90. The molecule has 1 amide bonds. The Kier molecular flexibility index (Phi) is 6.53. The third-order valence-electron chi connectivity index (χ3n) is 6.48. The summed E-state index contributed by atoms with van der Waals surface area (Å²) >= 11 is 0. The summed E-state index contributed by atoms with van der Waals surface area (Å²) in [6.45, 7) is 0. The standard InChI is InChI=1S/C26H30N8O3/c1-36-18-13-17(14-19(15-18)37-2)29-23-20(21(27)35)24-30-22(16-9-5-3-6-10-16)33-34(24)25(31-23)32-26(28)11-7-4-8-12-26/h3,5-6,9-10,13-15,29H,4,7-8,11-12,28H2,1-2H3,(H2,27,35)(H,31,32). The average molecular weight is 503 g/mol. The molecule has 192 valence electrons. The van der Waals surface area contributed by atoms with Gasteiger partial charge in [0.15, 0.2) is 17.3 Å². The van der Waals surface area contributed by atoms with E-state index in [2.05, 4.69) is 15.7 Å². The van der Waals surface area contributed by atoms with E-state index in [0.29, 0.717) is 29.0 Å². The summed E-state index contributed by atoms with van der Waals surface area (Å²) in [5.74, 6) is 1.44. The van der Waals surface area contributed by atoms with Crippen molar-refractivity contribution in [1.29, 1.82) is 0 Å². The highest BCUT2D eigenvalue weighted by Gasteiger charge is 2.31. The number of anilines is 3. The maximum atomic E-state index is 12.7. The molecule has 2 aromatic carbocycles. The molecule has 0 unspecified atom stereocenters. The highest BCUT2D eigenvalue weighted by atomic mass is 16.5. The summed E-state index contributed by atoms with van der Waals surface area (Å²) in [7, 11) is 3.12. The molecule has 0 aliphatic heterocycles. The van der Waals surface area contributed by atoms with E-state index in [4.69, 9.17) is 30.9 Å². The Labute approximate surface area is 214 Å². The Hall–Kier alpha value is -4.38. The first-order valence-corrected chi connectivity index (χ1v) is 12.1. The summed E-state index contributed by atoms with van der Waals surface area (Å²) in [4.78, 5) is 22.2. The molecule has 0 spiro atoms. The fourth-order valence-electron chi connectivity index (χ4n) is 4.59. The van der Waals surface area contributed by atoms with Gasteiger partial charge in [0.05, 0.1) is 19.9 Å². The summed E-state index contributed by atoms with van der Waals surface area (Å²) in [5, 5.41) is 11.3. The highest BCUT2D eigenvalue weighted by Crippen LogP contribution is 2.33. The SMILES string of the molecule is COc1cc(Nc2nc(NC3(N)CCCCC3)n3nc(-c4ccccc4)nc3c2C(N)=O)cc(OC)c1. The molecule has 2 aromatic heterocycles. The van der Waals surface area contributed by atoms with Crippen LogP contribution in [0, 0.1) is 0 Å². The minimum absolute atomic E-state index is 0.0942. The van der Waals surface area contributed by atoms with Gasteiger partial charge in [-0.2, -0.15) is 9.50 Å². The first kappa shape index (κ1) is 24.3. The molecule has 4 aromatic rings. The number of carbonyl (C=O) groups is 1. The van der Waals surface area contributed by atoms with Gasteiger partial charge < -0.3 is 31.6 Å². The molecule has 1 saturated carbocycles. The van der Waals surface area contributed by atoms with Crippen LogP contribution >= 0.6 is 0 Å². The fourth-order valence-corrected chi connectivity index (χ4v) is 4.59. The molecule has 11 heteroatoms. The summed E-state index contributed by atoms with van der Waals surface area (Å²) in [6.07, 6.45) is 4.71. The van der Waals surface area contributed by atoms with Gasteiger partial charge in [0.25, 0.3) is 5.91 Å². The number of nitrogens with zero attached hydrogens (tertiary/aromatic N) is 4. The van der Waals surface area contributed by atoms with E-state index in [-0.39, 0.29) is 17.0 Å². The van der Waals surface area contributed by atoms with Crippen LogP contribution in [0.2, 0.25) is 0 Å². The number of primary amides is 1. The third kappa shape index (κ3) is 4.98. The summed E-state index contributed by atoms with van der Waals surface area (Å²) < 4.78 is 12.3. The smallest absolute Gasteiger partial charge is 0.256 e. The lowest BCUT2D eigenvalue weighted by Crippen LogP contribution is -2.49. The summed E-state index contributed by atoms with van der Waals surface area (Å²) in [5.41, 5.74) is 13.7. The zero-order valence-electron chi connectivity index (χ0n) is 20.8. The predicted molar refractivity (Wildman–Crippen MR) is 141 cm³/mol. The van der Waals surface area contributed by atoms with E-state index < -0.39 is 11.6 Å². The second-order valence-electron chi connectivity index (χ2n) is 9.13. The molecule has 37 heavy (non-hydrogen) atoms. The number of ether oxygens (including phenoxy) is 2. The maximum Gasteiger partial charge on any atom is 0.256 e. The van der Waals surface area contributed by atoms with E-state index in [1.165, 1.54) is 4.52 Å². The van der Waals surface area contributed by atoms with Crippen molar-refractivity contribution in [2.75, 3.05) is 24.9 Å². The number of nitrogens with two attached hydrogens (primary N) is 2. The largest absolute Gasteiger partial charge is 0.497 e. The van der Waals surface area contributed by atoms with Gasteiger partial charge in [0.1, 0.15) is 17.1 Å². The molecule has 11 nitrogen and oxygen atoms in total. The number of fused-ring (bicyclic) bond motifs is 1. The Morgan fingerprint density at radius 1 is 1.00 bits per heavy atom. The second kappa shape index (κ2) is 9.94. The zero-order chi connectivity index (χ0) is 26.0. The maximum absolute atomic E-state index is 12.7. The van der Waals surface area contributed by atoms with E-state index in [1.54, 1.807) is 32.4 Å². The van der Waals surface area contributed by atoms with Crippen LogP contribution in [-0.2, 0) is 0 Å². The van der Waals surface area contributed by atoms with E-state index in [1.807, 2.05) is 30.3 Å². The van der Waals surface area contributed by atoms with Crippen molar-refractivity contribution >= 4 is 29.0 Å². The number of benzene rings is 2. The topological polar surface area (TPSA) is 155 Å². The van der Waals surface area contributed by atoms with E-state index >= 15 is 0 Å². The van der Waals surface area contributed by atoms with Crippen LogP contribution in [0.3, 0.4) is 0 Å². The molecule has 1 aliphatic rings. The quantitative estimate of drug-likeness (QED) is 0.264. The number of methoxy groups -OCH3 is 2. The number of amides is 1. The van der Waals surface area contributed by atoms with E-state index in [9.17, 15) is 4.79 Å². The predicted octanol–water partition coefficient (Wildman–Crippen LogP) is 3.68.